The second-order valence-electron chi connectivity index (χ2n) is 4.37. The molecule has 2 N–H and O–H groups in total. The highest BCUT2D eigenvalue weighted by molar-refractivity contribution is 5.79. The number of rotatable bonds is 4. The van der Waals surface area contributed by atoms with Crippen molar-refractivity contribution >= 4 is 11.6 Å². The van der Waals surface area contributed by atoms with Crippen molar-refractivity contribution in [1.29, 1.82) is 0 Å². The summed E-state index contributed by atoms with van der Waals surface area (Å²) < 4.78 is 13.1. The molecule has 92 valence electrons. The molecule has 0 atom stereocenters. The average molecular weight is 237 g/mol. The first kappa shape index (κ1) is 11.8. The van der Waals surface area contributed by atoms with E-state index in [1.54, 1.807) is 6.07 Å². The number of nitrogens with two attached hydrogens (primary N) is 1. The van der Waals surface area contributed by atoms with Gasteiger partial charge in [0.05, 0.1) is 6.54 Å². The average Bonchev–Trinajstić information content (AvgIpc) is 2.79. The van der Waals surface area contributed by atoms with Crippen LogP contribution in [0.15, 0.2) is 18.3 Å². The van der Waals surface area contributed by atoms with Crippen LogP contribution in [-0.4, -0.2) is 23.5 Å². The number of pyridine rings is 1. The quantitative estimate of drug-likeness (QED) is 0.806. The molecular weight excluding hydrogens is 221 g/mol. The Morgan fingerprint density at radius 3 is 2.82 bits per heavy atom. The molecule has 2 rings (SSSR count). The third-order valence-corrected chi connectivity index (χ3v) is 3.13. The fourth-order valence-corrected chi connectivity index (χ4v) is 2.39. The Labute approximate surface area is 99.6 Å². The number of nitrogens with zero attached hydrogens (tertiary/aromatic N) is 2. The number of aromatic nitrogens is 1. The molecule has 1 aromatic heterocycles. The van der Waals surface area contributed by atoms with Crippen LogP contribution in [-0.2, 0) is 4.79 Å². The first-order valence-electron chi connectivity index (χ1n) is 5.83. The van der Waals surface area contributed by atoms with Crippen LogP contribution in [0.4, 0.5) is 10.1 Å². The molecule has 0 radical (unpaired) electrons. The van der Waals surface area contributed by atoms with E-state index in [9.17, 15) is 9.18 Å². The predicted octanol–water partition coefficient (Wildman–Crippen LogP) is 1.45. The highest BCUT2D eigenvalue weighted by Gasteiger charge is 2.24. The predicted molar refractivity (Wildman–Crippen MR) is 63.0 cm³/mol. The molecule has 17 heavy (non-hydrogen) atoms. The molecule has 0 aliphatic heterocycles. The second kappa shape index (κ2) is 5.12. The lowest BCUT2D eigenvalue weighted by Gasteiger charge is -2.29. The van der Waals surface area contributed by atoms with Crippen LogP contribution in [0, 0.1) is 5.95 Å². The molecule has 0 aromatic carbocycles. The monoisotopic (exact) mass is 237 g/mol. The molecule has 5 heteroatoms. The fourth-order valence-electron chi connectivity index (χ4n) is 2.39. The maximum Gasteiger partial charge on any atom is 0.236 e. The van der Waals surface area contributed by atoms with Crippen LogP contribution in [0.3, 0.4) is 0 Å². The highest BCUT2D eigenvalue weighted by Crippen LogP contribution is 2.27. The SMILES string of the molecule is NC(=O)CN(c1ccnc(F)c1)C1CCCC1. The standard InChI is InChI=1S/C12H16FN3O/c13-11-7-10(5-6-15-11)16(8-12(14)17)9-3-1-2-4-9/h5-7,9H,1-4,8H2,(H2,14,17). The molecule has 1 aromatic rings. The van der Waals surface area contributed by atoms with E-state index in [0.717, 1.165) is 25.7 Å². The summed E-state index contributed by atoms with van der Waals surface area (Å²) >= 11 is 0. The van der Waals surface area contributed by atoms with E-state index >= 15 is 0 Å². The van der Waals surface area contributed by atoms with E-state index in [0.29, 0.717) is 5.69 Å². The number of anilines is 1. The lowest BCUT2D eigenvalue weighted by molar-refractivity contribution is -0.116. The minimum absolute atomic E-state index is 0.133. The van der Waals surface area contributed by atoms with E-state index in [1.165, 1.54) is 12.3 Å². The molecule has 1 amide bonds. The fraction of sp³-hybridized carbons (Fsp3) is 0.500. The first-order chi connectivity index (χ1) is 8.16. The van der Waals surface area contributed by atoms with Crippen molar-refractivity contribution in [2.45, 2.75) is 31.7 Å². The zero-order valence-electron chi connectivity index (χ0n) is 9.60. The Hall–Kier alpha value is -1.65. The van der Waals surface area contributed by atoms with Crippen LogP contribution in [0.2, 0.25) is 0 Å². The van der Waals surface area contributed by atoms with Crippen molar-refractivity contribution in [3.8, 4) is 0 Å². The van der Waals surface area contributed by atoms with Gasteiger partial charge in [0.1, 0.15) is 0 Å². The second-order valence-corrected chi connectivity index (χ2v) is 4.37. The van der Waals surface area contributed by atoms with Gasteiger partial charge in [-0.05, 0) is 18.9 Å². The van der Waals surface area contributed by atoms with E-state index in [1.807, 2.05) is 4.90 Å². The summed E-state index contributed by atoms with van der Waals surface area (Å²) in [4.78, 5) is 16.5. The van der Waals surface area contributed by atoms with Crippen molar-refractivity contribution in [2.75, 3.05) is 11.4 Å². The molecule has 0 unspecified atom stereocenters. The molecule has 0 bridgehead atoms. The van der Waals surface area contributed by atoms with Crippen molar-refractivity contribution < 1.29 is 9.18 Å². The van der Waals surface area contributed by atoms with E-state index in [2.05, 4.69) is 4.98 Å². The summed E-state index contributed by atoms with van der Waals surface area (Å²) in [5.74, 6) is -0.927. The van der Waals surface area contributed by atoms with Crippen LogP contribution < -0.4 is 10.6 Å². The number of hydrogen-bond donors (Lipinski definition) is 1. The van der Waals surface area contributed by atoms with Gasteiger partial charge in [-0.1, -0.05) is 12.8 Å². The summed E-state index contributed by atoms with van der Waals surface area (Å²) in [7, 11) is 0. The molecule has 1 heterocycles. The Morgan fingerprint density at radius 2 is 2.24 bits per heavy atom. The summed E-state index contributed by atoms with van der Waals surface area (Å²) in [5.41, 5.74) is 5.93. The van der Waals surface area contributed by atoms with Crippen LogP contribution >= 0.6 is 0 Å². The molecule has 1 saturated carbocycles. The zero-order chi connectivity index (χ0) is 12.3. The van der Waals surface area contributed by atoms with E-state index in [-0.39, 0.29) is 12.6 Å². The van der Waals surface area contributed by atoms with Crippen LogP contribution in [0.5, 0.6) is 0 Å². The Morgan fingerprint density at radius 1 is 1.53 bits per heavy atom. The minimum atomic E-state index is -0.532. The zero-order valence-corrected chi connectivity index (χ0v) is 9.60. The Kier molecular flexibility index (Phi) is 3.56. The van der Waals surface area contributed by atoms with Crippen molar-refractivity contribution in [2.24, 2.45) is 5.73 Å². The third-order valence-electron chi connectivity index (χ3n) is 3.13. The minimum Gasteiger partial charge on any atom is -0.368 e. The molecule has 1 aliphatic rings. The van der Waals surface area contributed by atoms with Gasteiger partial charge in [0.25, 0.3) is 0 Å². The highest BCUT2D eigenvalue weighted by atomic mass is 19.1. The number of carbonyl (C=O) groups is 1. The molecule has 0 saturated heterocycles. The van der Waals surface area contributed by atoms with Gasteiger partial charge in [-0.25, -0.2) is 4.98 Å². The summed E-state index contributed by atoms with van der Waals surface area (Å²) in [6.07, 6.45) is 5.75. The largest absolute Gasteiger partial charge is 0.368 e. The van der Waals surface area contributed by atoms with Gasteiger partial charge in [-0.2, -0.15) is 4.39 Å². The van der Waals surface area contributed by atoms with Gasteiger partial charge >= 0.3 is 0 Å². The van der Waals surface area contributed by atoms with Gasteiger partial charge < -0.3 is 10.6 Å². The summed E-state index contributed by atoms with van der Waals surface area (Å²) in [5, 5.41) is 0. The molecule has 1 fully saturated rings. The molecule has 1 aliphatic carbocycles. The Balaban J connectivity index is 2.22. The number of hydrogen-bond acceptors (Lipinski definition) is 3. The molecule has 4 nitrogen and oxygen atoms in total. The smallest absolute Gasteiger partial charge is 0.236 e. The number of primary amides is 1. The van der Waals surface area contributed by atoms with Gasteiger partial charge in [-0.15, -0.1) is 0 Å². The van der Waals surface area contributed by atoms with E-state index < -0.39 is 11.9 Å². The van der Waals surface area contributed by atoms with E-state index in [4.69, 9.17) is 5.73 Å². The summed E-state index contributed by atoms with van der Waals surface area (Å²) in [6, 6.07) is 3.34. The summed E-state index contributed by atoms with van der Waals surface area (Å²) in [6.45, 7) is 0.133. The first-order valence-corrected chi connectivity index (χ1v) is 5.83. The lowest BCUT2D eigenvalue weighted by atomic mass is 10.2. The van der Waals surface area contributed by atoms with Gasteiger partial charge in [-0.3, -0.25) is 4.79 Å². The topological polar surface area (TPSA) is 59.2 Å². The molecular formula is C12H16FN3O. The number of carbonyl (C=O) groups excluding carboxylic acids is 1. The Bertz CT molecular complexity index is 404. The van der Waals surface area contributed by atoms with Crippen molar-refractivity contribution in [1.82, 2.24) is 4.98 Å². The normalized spacial score (nSPS) is 16.1. The number of halogens is 1. The molecule has 0 spiro atoms. The van der Waals surface area contributed by atoms with Gasteiger partial charge in [0, 0.05) is 24.0 Å². The van der Waals surface area contributed by atoms with Gasteiger partial charge in [0.2, 0.25) is 11.9 Å². The van der Waals surface area contributed by atoms with Gasteiger partial charge in [0.15, 0.2) is 0 Å². The third kappa shape index (κ3) is 2.93. The lowest BCUT2D eigenvalue weighted by Crippen LogP contribution is -2.40. The van der Waals surface area contributed by atoms with Crippen molar-refractivity contribution in [3.63, 3.8) is 0 Å². The number of amides is 1. The maximum absolute atomic E-state index is 13.1. The van der Waals surface area contributed by atoms with Crippen LogP contribution in [0.25, 0.3) is 0 Å². The van der Waals surface area contributed by atoms with Crippen molar-refractivity contribution in [3.05, 3.63) is 24.3 Å². The van der Waals surface area contributed by atoms with Crippen LogP contribution in [0.1, 0.15) is 25.7 Å². The maximum atomic E-state index is 13.1.